The minimum absolute atomic E-state index is 0.0238. The van der Waals surface area contributed by atoms with Crippen LogP contribution in [0.15, 0.2) is 228 Å². The largest absolute Gasteiger partial charge is 0.386 e. The SMILES string of the molecule is COC1(c2ccc(Cl)cc2)c2c(F)cc(Br)cc2C(=O)N1Cc1ccc(Cl)cn1.COC1(c2ccc(Cl)cc2)c2c(F)cc(C(C)=O)cc2C(=O)N1Cc1ccc(Cl)cn1.CO[C@]1(c2ccc(Cl)cc2)c2c(F)cc(C(C)(C)O)cc2C(=O)N1Cc1ccc(Cl)cn1.O=C1c2cc(Br)cc(F)c2C(O)(c2ccc(Cl)cc2)N1Cc1ccc(Cl)cn1. The van der Waals surface area contributed by atoms with Gasteiger partial charge in [0.2, 0.25) is 0 Å². The molecule has 0 spiro atoms. The predicted octanol–water partition coefficient (Wildman–Crippen LogP) is 21.4. The molecule has 4 aliphatic rings. The summed E-state index contributed by atoms with van der Waals surface area (Å²) >= 11 is 54.3. The van der Waals surface area contributed by atoms with Crippen LogP contribution in [0.5, 0.6) is 0 Å². The third-order valence-electron chi connectivity index (χ3n) is 20.5. The van der Waals surface area contributed by atoms with Crippen molar-refractivity contribution in [2.45, 2.75) is 75.5 Å². The summed E-state index contributed by atoms with van der Waals surface area (Å²) in [6, 6.07) is 50.7. The zero-order valence-electron chi connectivity index (χ0n) is 63.6. The maximum atomic E-state index is 15.6. The fourth-order valence-electron chi connectivity index (χ4n) is 15.0. The normalized spacial score (nSPS) is 18.1. The average molecular weight is 1910 g/mol. The molecule has 8 aromatic carbocycles. The molecule has 4 atom stereocenters. The van der Waals surface area contributed by atoms with Crippen LogP contribution in [-0.4, -0.2) is 100 Å². The van der Waals surface area contributed by atoms with Crippen molar-refractivity contribution in [3.05, 3.63) is 392 Å². The molecule has 0 aliphatic carbocycles. The lowest BCUT2D eigenvalue weighted by atomic mass is 9.89. The lowest BCUT2D eigenvalue weighted by Crippen LogP contribution is -2.46. The molecule has 0 radical (unpaired) electrons. The highest BCUT2D eigenvalue weighted by Gasteiger charge is 2.58. The van der Waals surface area contributed by atoms with Crippen LogP contribution >= 0.6 is 125 Å². The zero-order chi connectivity index (χ0) is 86.4. The quantitative estimate of drug-likeness (QED) is 0.0640. The smallest absolute Gasteiger partial charge is 0.257 e. The summed E-state index contributed by atoms with van der Waals surface area (Å²) < 4.78 is 79.8. The van der Waals surface area contributed by atoms with E-state index in [2.05, 4.69) is 51.8 Å². The second-order valence-electron chi connectivity index (χ2n) is 28.2. The van der Waals surface area contributed by atoms with Crippen molar-refractivity contribution in [1.29, 1.82) is 0 Å². The van der Waals surface area contributed by atoms with Gasteiger partial charge in [-0.2, -0.15) is 0 Å². The van der Waals surface area contributed by atoms with Gasteiger partial charge in [-0.25, -0.2) is 17.6 Å². The van der Waals surface area contributed by atoms with Crippen LogP contribution in [-0.2, 0) is 68.9 Å². The molecule has 3 unspecified atom stereocenters. The molecule has 0 saturated heterocycles. The van der Waals surface area contributed by atoms with E-state index in [1.54, 1.807) is 152 Å². The molecule has 0 bridgehead atoms. The Labute approximate surface area is 742 Å². The Balaban J connectivity index is 0.000000138. The van der Waals surface area contributed by atoms with Crippen LogP contribution in [0.4, 0.5) is 17.6 Å². The van der Waals surface area contributed by atoms with Gasteiger partial charge in [0.15, 0.2) is 28.7 Å². The second kappa shape index (κ2) is 35.6. The number of aliphatic hydroxyl groups is 2. The number of pyridine rings is 4. The van der Waals surface area contributed by atoms with Crippen molar-refractivity contribution in [3.63, 3.8) is 0 Å². The minimum atomic E-state index is -2.01. The minimum Gasteiger partial charge on any atom is -0.386 e. The first-order chi connectivity index (χ1) is 57.0. The standard InChI is InChI=1S/C24H21Cl2FN2O3.C23H17Cl2FN2O3.C21H14BrCl2FN2O2.C20H12BrCl2FN2O2/c1-23(2,31)15-10-19-21(20(27)11-15)24(32-3,14-4-6-16(25)7-5-14)29(22(19)30)13-18-9-8-17(26)12-28-18;1-13(29)14-9-19-21(20(26)10-14)23(31-2,15-3-5-16(24)6-4-15)28(22(19)30)12-18-8-7-17(25)11-27-18;1-29-21(12-2-4-14(23)5-3-12)19-17(8-13(22)9-18(19)25)20(28)27(21)11-16-7-6-15(24)10-26-16;21-12-7-16-18(17(24)8-12)20(28,11-1-3-13(22)4-2-11)26(19(16)27)10-15-6-5-14(23)9-25-15/h4-12,31H,13H2,1-3H3;3-11H,12H2,1-2H3;2-10H,11H2,1H3;1-9,28H,10H2/t24-;;;/m1.../s1. The van der Waals surface area contributed by atoms with E-state index in [0.717, 1.165) is 6.07 Å². The van der Waals surface area contributed by atoms with Gasteiger partial charge >= 0.3 is 0 Å². The number of halogens is 14. The summed E-state index contributed by atoms with van der Waals surface area (Å²) in [5.41, 5.74) is -2.78. The Morgan fingerprint density at radius 1 is 0.383 bits per heavy atom. The summed E-state index contributed by atoms with van der Waals surface area (Å²) in [5.74, 6) is -4.76. The molecule has 4 aromatic heterocycles. The molecule has 0 saturated carbocycles. The summed E-state index contributed by atoms with van der Waals surface area (Å²) in [7, 11) is 4.26. The number of nitrogens with zero attached hydrogens (tertiary/aromatic N) is 8. The molecule has 614 valence electrons. The number of fused-ring (bicyclic) bond motifs is 4. The number of methoxy groups -OCH3 is 3. The first-order valence-electron chi connectivity index (χ1n) is 36.0. The van der Waals surface area contributed by atoms with Crippen molar-refractivity contribution < 1.29 is 66.0 Å². The summed E-state index contributed by atoms with van der Waals surface area (Å²) in [5, 5.41) is 25.9. The van der Waals surface area contributed by atoms with Gasteiger partial charge in [0.1, 0.15) is 23.3 Å². The van der Waals surface area contributed by atoms with Crippen molar-refractivity contribution >= 4 is 154 Å². The Morgan fingerprint density at radius 3 is 0.958 bits per heavy atom. The van der Waals surface area contributed by atoms with Crippen molar-refractivity contribution in [2.24, 2.45) is 0 Å². The molecule has 32 heteroatoms. The van der Waals surface area contributed by atoms with Crippen molar-refractivity contribution in [2.75, 3.05) is 21.3 Å². The number of rotatable bonds is 17. The van der Waals surface area contributed by atoms with E-state index >= 15 is 13.2 Å². The molecule has 4 amide bonds. The number of hydrogen-bond donors (Lipinski definition) is 2. The summed E-state index contributed by atoms with van der Waals surface area (Å²) in [6.45, 7) is 4.50. The maximum Gasteiger partial charge on any atom is 0.257 e. The van der Waals surface area contributed by atoms with Crippen LogP contribution in [0.25, 0.3) is 0 Å². The number of ketones is 1. The zero-order valence-corrected chi connectivity index (χ0v) is 72.9. The molecule has 8 heterocycles. The number of amides is 4. The van der Waals surface area contributed by atoms with Crippen LogP contribution < -0.4 is 0 Å². The van der Waals surface area contributed by atoms with Gasteiger partial charge in [0.05, 0.1) is 119 Å². The molecule has 16 rings (SSSR count). The van der Waals surface area contributed by atoms with Gasteiger partial charge in [0.25, 0.3) is 23.6 Å². The highest BCUT2D eigenvalue weighted by molar-refractivity contribution is 9.10. The van der Waals surface area contributed by atoms with E-state index < -0.39 is 69.5 Å². The van der Waals surface area contributed by atoms with Gasteiger partial charge in [-0.3, -0.25) is 63.5 Å². The van der Waals surface area contributed by atoms with Gasteiger partial charge in [-0.15, -0.1) is 0 Å². The summed E-state index contributed by atoms with van der Waals surface area (Å²) in [6.07, 6.45) is 5.89. The second-order valence-corrected chi connectivity index (χ2v) is 33.5. The maximum absolute atomic E-state index is 15.6. The first-order valence-corrected chi connectivity index (χ1v) is 40.7. The van der Waals surface area contributed by atoms with E-state index in [0.29, 0.717) is 94.2 Å². The van der Waals surface area contributed by atoms with Gasteiger partial charge in [-0.05, 0) is 172 Å². The number of ether oxygens (including phenoxy) is 3. The fourth-order valence-corrected chi connectivity index (χ4v) is 16.8. The molecule has 120 heavy (non-hydrogen) atoms. The number of carbonyl (C=O) groups is 5. The molecular weight excluding hydrogens is 1850 g/mol. The number of hydrogen-bond acceptors (Lipinski definition) is 14. The van der Waals surface area contributed by atoms with Crippen molar-refractivity contribution in [1.82, 2.24) is 39.5 Å². The molecule has 18 nitrogen and oxygen atoms in total. The number of carbonyl (C=O) groups excluding carboxylic acids is 5. The van der Waals surface area contributed by atoms with Gasteiger partial charge in [0, 0.05) is 103 Å². The molecule has 0 fully saturated rings. The predicted molar refractivity (Wildman–Crippen MR) is 455 cm³/mol. The Morgan fingerprint density at radius 2 is 0.650 bits per heavy atom. The molecule has 4 aliphatic heterocycles. The van der Waals surface area contributed by atoms with E-state index in [-0.39, 0.29) is 93.5 Å². The van der Waals surface area contributed by atoms with E-state index in [9.17, 15) is 38.6 Å². The highest BCUT2D eigenvalue weighted by atomic mass is 79.9. The number of benzene rings is 8. The molecular formula is C88H64Br2Cl8F4N8O10. The Kier molecular flexibility index (Phi) is 26.3. The van der Waals surface area contributed by atoms with Crippen molar-refractivity contribution in [3.8, 4) is 0 Å². The van der Waals surface area contributed by atoms with Crippen LogP contribution in [0.1, 0.15) is 145 Å². The fraction of sp³-hybridized carbons (Fsp3) is 0.170. The van der Waals surface area contributed by atoms with E-state index in [1.165, 1.54) is 123 Å². The number of aromatic nitrogens is 4. The third kappa shape index (κ3) is 16.8. The summed E-state index contributed by atoms with van der Waals surface area (Å²) in [4.78, 5) is 88.0. The first kappa shape index (κ1) is 88.5. The van der Waals surface area contributed by atoms with Crippen LogP contribution in [0.3, 0.4) is 0 Å². The van der Waals surface area contributed by atoms with Crippen LogP contribution in [0, 0.1) is 23.3 Å². The topological polar surface area (TPSA) is 218 Å². The molecule has 2 N–H and O–H groups in total. The molecule has 12 aromatic rings. The van der Waals surface area contributed by atoms with Gasteiger partial charge < -0.3 is 24.4 Å². The van der Waals surface area contributed by atoms with E-state index in [1.807, 2.05) is 0 Å². The number of Topliss-reactive ketones (excluding diaryl/α,β-unsaturated/α-hetero) is 1. The Bertz CT molecular complexity index is 5990. The lowest BCUT2D eigenvalue weighted by Gasteiger charge is -2.38. The van der Waals surface area contributed by atoms with E-state index in [4.69, 9.17) is 107 Å². The highest BCUT2D eigenvalue weighted by Crippen LogP contribution is 2.53. The third-order valence-corrected chi connectivity index (χ3v) is 23.3. The average Bonchev–Trinajstić information content (AvgIpc) is 1.56. The monoisotopic (exact) mass is 1910 g/mol. The lowest BCUT2D eigenvalue weighted by molar-refractivity contribution is -0.0888. The Hall–Kier alpha value is -9.29. The van der Waals surface area contributed by atoms with Crippen LogP contribution in [0.2, 0.25) is 40.2 Å². The van der Waals surface area contributed by atoms with Gasteiger partial charge in [-0.1, -0.05) is 173 Å².